The van der Waals surface area contributed by atoms with Gasteiger partial charge in [-0.3, -0.25) is 0 Å². The van der Waals surface area contributed by atoms with Crippen molar-refractivity contribution in [2.45, 2.75) is 38.1 Å². The average molecular weight is 182 g/mol. The van der Waals surface area contributed by atoms with Crippen LogP contribution in [0, 0.1) is 5.92 Å². The molecule has 0 spiro atoms. The highest BCUT2D eigenvalue weighted by Gasteiger charge is 2.13. The van der Waals surface area contributed by atoms with Gasteiger partial charge in [0.15, 0.2) is 0 Å². The molecule has 0 amide bonds. The Kier molecular flexibility index (Phi) is 5.09. The lowest BCUT2D eigenvalue weighted by molar-refractivity contribution is 0.361. The van der Waals surface area contributed by atoms with Crippen LogP contribution in [0.1, 0.15) is 32.1 Å². The van der Waals surface area contributed by atoms with E-state index in [1.165, 1.54) is 32.1 Å². The molecule has 3 N–H and O–H groups in total. The predicted octanol–water partition coefficient (Wildman–Crippen LogP) is 1.67. The van der Waals surface area contributed by atoms with Crippen LogP contribution in [0.5, 0.6) is 0 Å². The highest BCUT2D eigenvalue weighted by molar-refractivity contribution is 4.83. The standard InChI is InChI=1S/C11H22N2/c1-2-10(8-12)9-13-11-6-4-3-5-7-11/h2,10-11,13H,1,3-9,12H2. The van der Waals surface area contributed by atoms with Gasteiger partial charge in [-0.1, -0.05) is 25.3 Å². The first-order chi connectivity index (χ1) is 6.36. The van der Waals surface area contributed by atoms with E-state index in [0.29, 0.717) is 12.5 Å². The summed E-state index contributed by atoms with van der Waals surface area (Å²) in [6.07, 6.45) is 8.83. The van der Waals surface area contributed by atoms with Crippen LogP contribution in [-0.4, -0.2) is 19.1 Å². The van der Waals surface area contributed by atoms with Crippen LogP contribution in [0.25, 0.3) is 0 Å². The summed E-state index contributed by atoms with van der Waals surface area (Å²) in [5, 5.41) is 3.57. The van der Waals surface area contributed by atoms with E-state index in [-0.39, 0.29) is 0 Å². The van der Waals surface area contributed by atoms with Crippen LogP contribution in [0.2, 0.25) is 0 Å². The van der Waals surface area contributed by atoms with Crippen LogP contribution in [0.3, 0.4) is 0 Å². The van der Waals surface area contributed by atoms with Crippen molar-refractivity contribution in [3.63, 3.8) is 0 Å². The summed E-state index contributed by atoms with van der Waals surface area (Å²) < 4.78 is 0. The fraction of sp³-hybridized carbons (Fsp3) is 0.818. The minimum absolute atomic E-state index is 0.446. The Balaban J connectivity index is 2.12. The minimum Gasteiger partial charge on any atom is -0.330 e. The molecule has 0 aliphatic heterocycles. The van der Waals surface area contributed by atoms with Crippen molar-refractivity contribution in [2.75, 3.05) is 13.1 Å². The molecule has 1 fully saturated rings. The molecule has 1 unspecified atom stereocenters. The van der Waals surface area contributed by atoms with Crippen molar-refractivity contribution in [3.05, 3.63) is 12.7 Å². The summed E-state index contributed by atoms with van der Waals surface area (Å²) in [5.74, 6) is 0.446. The maximum atomic E-state index is 5.59. The van der Waals surface area contributed by atoms with Crippen LogP contribution in [0.4, 0.5) is 0 Å². The highest BCUT2D eigenvalue weighted by Crippen LogP contribution is 2.17. The molecule has 1 aliphatic carbocycles. The molecule has 2 nitrogen and oxygen atoms in total. The second-order valence-corrected chi connectivity index (χ2v) is 3.97. The monoisotopic (exact) mass is 182 g/mol. The second kappa shape index (κ2) is 6.17. The SMILES string of the molecule is C=CC(CN)CNC1CCCCC1. The van der Waals surface area contributed by atoms with E-state index in [9.17, 15) is 0 Å². The van der Waals surface area contributed by atoms with Crippen LogP contribution < -0.4 is 11.1 Å². The van der Waals surface area contributed by atoms with E-state index in [0.717, 1.165) is 12.6 Å². The first kappa shape index (κ1) is 10.7. The largest absolute Gasteiger partial charge is 0.330 e. The van der Waals surface area contributed by atoms with Crippen molar-refractivity contribution < 1.29 is 0 Å². The molecular weight excluding hydrogens is 160 g/mol. The number of rotatable bonds is 5. The number of nitrogens with two attached hydrogens (primary N) is 1. The molecule has 1 saturated carbocycles. The Labute approximate surface area is 81.6 Å². The fourth-order valence-electron chi connectivity index (χ4n) is 1.89. The normalized spacial score (nSPS) is 21.3. The van der Waals surface area contributed by atoms with E-state index in [1.54, 1.807) is 0 Å². The summed E-state index contributed by atoms with van der Waals surface area (Å²) in [5.41, 5.74) is 5.59. The van der Waals surface area contributed by atoms with Crippen molar-refractivity contribution in [3.8, 4) is 0 Å². The van der Waals surface area contributed by atoms with Crippen LogP contribution >= 0.6 is 0 Å². The van der Waals surface area contributed by atoms with Gasteiger partial charge >= 0.3 is 0 Å². The smallest absolute Gasteiger partial charge is 0.00673 e. The molecule has 0 aromatic rings. The molecule has 0 saturated heterocycles. The van der Waals surface area contributed by atoms with Gasteiger partial charge in [-0.25, -0.2) is 0 Å². The molecular formula is C11H22N2. The van der Waals surface area contributed by atoms with Gasteiger partial charge < -0.3 is 11.1 Å². The van der Waals surface area contributed by atoms with Gasteiger partial charge in [-0.2, -0.15) is 0 Å². The zero-order valence-electron chi connectivity index (χ0n) is 8.47. The maximum absolute atomic E-state index is 5.59. The molecule has 1 rings (SSSR count). The average Bonchev–Trinajstić information content (AvgIpc) is 2.21. The molecule has 0 bridgehead atoms. The fourth-order valence-corrected chi connectivity index (χ4v) is 1.89. The second-order valence-electron chi connectivity index (χ2n) is 3.97. The lowest BCUT2D eigenvalue weighted by Gasteiger charge is -2.24. The topological polar surface area (TPSA) is 38.0 Å². The molecule has 0 heterocycles. The van der Waals surface area contributed by atoms with Gasteiger partial charge in [-0.05, 0) is 19.4 Å². The first-order valence-electron chi connectivity index (χ1n) is 5.43. The summed E-state index contributed by atoms with van der Waals surface area (Å²) >= 11 is 0. The van der Waals surface area contributed by atoms with E-state index >= 15 is 0 Å². The molecule has 0 aromatic heterocycles. The zero-order valence-corrected chi connectivity index (χ0v) is 8.47. The van der Waals surface area contributed by atoms with Crippen molar-refractivity contribution in [1.29, 1.82) is 0 Å². The lowest BCUT2D eigenvalue weighted by Crippen LogP contribution is -2.36. The minimum atomic E-state index is 0.446. The molecule has 1 atom stereocenters. The highest BCUT2D eigenvalue weighted by atomic mass is 14.9. The van der Waals surface area contributed by atoms with Crippen LogP contribution in [0.15, 0.2) is 12.7 Å². The third-order valence-electron chi connectivity index (χ3n) is 2.91. The Bertz CT molecular complexity index is 139. The van der Waals surface area contributed by atoms with E-state index in [4.69, 9.17) is 5.73 Å². The summed E-state index contributed by atoms with van der Waals surface area (Å²) in [6, 6.07) is 0.739. The Morgan fingerprint density at radius 1 is 1.38 bits per heavy atom. The predicted molar refractivity (Wildman–Crippen MR) is 57.6 cm³/mol. The van der Waals surface area contributed by atoms with Gasteiger partial charge in [0.1, 0.15) is 0 Å². The molecule has 2 heteroatoms. The third kappa shape index (κ3) is 3.92. The van der Waals surface area contributed by atoms with Gasteiger partial charge in [0.2, 0.25) is 0 Å². The van der Waals surface area contributed by atoms with Gasteiger partial charge in [0, 0.05) is 18.5 Å². The zero-order chi connectivity index (χ0) is 9.52. The lowest BCUT2D eigenvalue weighted by atomic mass is 9.95. The van der Waals surface area contributed by atoms with E-state index in [2.05, 4.69) is 11.9 Å². The Morgan fingerprint density at radius 3 is 2.62 bits per heavy atom. The van der Waals surface area contributed by atoms with Gasteiger partial charge in [0.25, 0.3) is 0 Å². The number of nitrogens with one attached hydrogen (secondary N) is 1. The molecule has 0 aromatic carbocycles. The molecule has 0 radical (unpaired) electrons. The van der Waals surface area contributed by atoms with Gasteiger partial charge in [-0.15, -0.1) is 6.58 Å². The molecule has 1 aliphatic rings. The van der Waals surface area contributed by atoms with Crippen molar-refractivity contribution in [1.82, 2.24) is 5.32 Å². The molecule has 13 heavy (non-hydrogen) atoms. The first-order valence-corrected chi connectivity index (χ1v) is 5.43. The maximum Gasteiger partial charge on any atom is 0.00673 e. The summed E-state index contributed by atoms with van der Waals surface area (Å²) in [6.45, 7) is 5.49. The van der Waals surface area contributed by atoms with Gasteiger partial charge in [0.05, 0.1) is 0 Å². The quantitative estimate of drug-likeness (QED) is 0.635. The third-order valence-corrected chi connectivity index (χ3v) is 2.91. The summed E-state index contributed by atoms with van der Waals surface area (Å²) in [4.78, 5) is 0. The van der Waals surface area contributed by atoms with E-state index < -0.39 is 0 Å². The van der Waals surface area contributed by atoms with E-state index in [1.807, 2.05) is 6.08 Å². The van der Waals surface area contributed by atoms with Crippen LogP contribution in [-0.2, 0) is 0 Å². The molecule has 76 valence electrons. The summed E-state index contributed by atoms with van der Waals surface area (Å²) in [7, 11) is 0. The van der Waals surface area contributed by atoms with Crippen molar-refractivity contribution >= 4 is 0 Å². The number of hydrogen-bond donors (Lipinski definition) is 2. The Morgan fingerprint density at radius 2 is 2.08 bits per heavy atom. The Hall–Kier alpha value is -0.340. The number of hydrogen-bond acceptors (Lipinski definition) is 2. The van der Waals surface area contributed by atoms with Crippen molar-refractivity contribution in [2.24, 2.45) is 11.7 Å².